The highest BCUT2D eigenvalue weighted by Crippen LogP contribution is 2.43. The van der Waals surface area contributed by atoms with Crippen LogP contribution in [0.4, 0.5) is 13.2 Å². The van der Waals surface area contributed by atoms with Crippen molar-refractivity contribution >= 4 is 6.08 Å². The Hall–Kier alpha value is -1.33. The fourth-order valence-electron chi connectivity index (χ4n) is 1.76. The molecule has 92 valence electrons. The minimum atomic E-state index is -4.82. The van der Waals surface area contributed by atoms with Crippen molar-refractivity contribution in [2.75, 3.05) is 6.61 Å². The summed E-state index contributed by atoms with van der Waals surface area (Å²) in [5, 5.41) is 9.53. The topological polar surface area (TPSA) is 29.5 Å². The summed E-state index contributed by atoms with van der Waals surface area (Å²) in [5.74, 6) is -3.14. The maximum absolute atomic E-state index is 12.7. The third-order valence-corrected chi connectivity index (χ3v) is 2.64. The Morgan fingerprint density at radius 3 is 2.47 bits per heavy atom. The van der Waals surface area contributed by atoms with Crippen molar-refractivity contribution in [3.63, 3.8) is 0 Å². The van der Waals surface area contributed by atoms with E-state index < -0.39 is 12.0 Å². The number of ether oxygens (including phenoxy) is 1. The summed E-state index contributed by atoms with van der Waals surface area (Å²) in [6.07, 6.45) is -3.42. The summed E-state index contributed by atoms with van der Waals surface area (Å²) >= 11 is 0. The SMILES string of the molecule is OC1(C(F)(F)F)OCC/C1=C\c1ccccc1. The molecule has 1 unspecified atom stereocenters. The predicted molar refractivity (Wildman–Crippen MR) is 56.0 cm³/mol. The molecule has 2 rings (SSSR count). The van der Waals surface area contributed by atoms with Gasteiger partial charge in [0, 0.05) is 5.57 Å². The molecule has 0 saturated carbocycles. The molecular formula is C12H11F3O2. The molecule has 17 heavy (non-hydrogen) atoms. The quantitative estimate of drug-likeness (QED) is 0.823. The summed E-state index contributed by atoms with van der Waals surface area (Å²) < 4.78 is 42.5. The summed E-state index contributed by atoms with van der Waals surface area (Å²) in [4.78, 5) is 0. The maximum Gasteiger partial charge on any atom is 0.447 e. The van der Waals surface area contributed by atoms with E-state index in [1.807, 2.05) is 0 Å². The van der Waals surface area contributed by atoms with Crippen molar-refractivity contribution in [1.29, 1.82) is 0 Å². The lowest BCUT2D eigenvalue weighted by Gasteiger charge is -2.26. The van der Waals surface area contributed by atoms with Gasteiger partial charge in [-0.25, -0.2) is 0 Å². The first-order chi connectivity index (χ1) is 7.93. The fraction of sp³-hybridized carbons (Fsp3) is 0.333. The van der Waals surface area contributed by atoms with Gasteiger partial charge in [-0.1, -0.05) is 30.3 Å². The molecule has 0 aromatic heterocycles. The summed E-state index contributed by atoms with van der Waals surface area (Å²) in [6, 6.07) is 8.54. The number of rotatable bonds is 1. The van der Waals surface area contributed by atoms with Gasteiger partial charge in [-0.2, -0.15) is 13.2 Å². The molecule has 5 heteroatoms. The van der Waals surface area contributed by atoms with Crippen LogP contribution in [0.3, 0.4) is 0 Å². The van der Waals surface area contributed by atoms with Crippen LogP contribution in [-0.2, 0) is 4.74 Å². The highest BCUT2D eigenvalue weighted by atomic mass is 19.4. The second-order valence-electron chi connectivity index (χ2n) is 3.82. The Labute approximate surface area is 96.3 Å². The van der Waals surface area contributed by atoms with Crippen LogP contribution in [0.25, 0.3) is 6.08 Å². The van der Waals surface area contributed by atoms with Crippen LogP contribution in [0.15, 0.2) is 35.9 Å². The minimum Gasteiger partial charge on any atom is -0.355 e. The highest BCUT2D eigenvalue weighted by molar-refractivity contribution is 5.55. The summed E-state index contributed by atoms with van der Waals surface area (Å²) in [6.45, 7) is -0.130. The van der Waals surface area contributed by atoms with E-state index in [9.17, 15) is 18.3 Å². The average Bonchev–Trinajstić information content (AvgIpc) is 2.63. The second kappa shape index (κ2) is 4.16. The molecule has 1 fully saturated rings. The van der Waals surface area contributed by atoms with Gasteiger partial charge >= 0.3 is 6.18 Å². The Kier molecular flexibility index (Phi) is 2.97. The van der Waals surface area contributed by atoms with Crippen molar-refractivity contribution in [3.05, 3.63) is 41.5 Å². The largest absolute Gasteiger partial charge is 0.447 e. The molecule has 1 atom stereocenters. The Morgan fingerprint density at radius 1 is 1.24 bits per heavy atom. The van der Waals surface area contributed by atoms with Crippen LogP contribution in [-0.4, -0.2) is 23.7 Å². The zero-order valence-electron chi connectivity index (χ0n) is 8.87. The molecule has 0 aliphatic carbocycles. The van der Waals surface area contributed by atoms with Crippen LogP contribution >= 0.6 is 0 Å². The summed E-state index contributed by atoms with van der Waals surface area (Å²) in [7, 11) is 0. The van der Waals surface area contributed by atoms with E-state index in [2.05, 4.69) is 4.74 Å². The average molecular weight is 244 g/mol. The van der Waals surface area contributed by atoms with E-state index in [0.717, 1.165) is 0 Å². The van der Waals surface area contributed by atoms with Gasteiger partial charge in [-0.15, -0.1) is 0 Å². The molecule has 0 spiro atoms. The first-order valence-corrected chi connectivity index (χ1v) is 5.12. The van der Waals surface area contributed by atoms with E-state index in [0.29, 0.717) is 5.56 Å². The smallest absolute Gasteiger partial charge is 0.355 e. The zero-order chi connectivity index (χ0) is 12.5. The molecule has 1 heterocycles. The van der Waals surface area contributed by atoms with Crippen LogP contribution in [0.5, 0.6) is 0 Å². The molecule has 1 N–H and O–H groups in total. The standard InChI is InChI=1S/C12H11F3O2/c13-12(14,15)11(16)10(6-7-17-11)8-9-4-2-1-3-5-9/h1-5,8,16H,6-7H2/b10-8+. The number of benzene rings is 1. The van der Waals surface area contributed by atoms with E-state index in [1.165, 1.54) is 6.08 Å². The lowest BCUT2D eigenvalue weighted by molar-refractivity contribution is -0.332. The van der Waals surface area contributed by atoms with Gasteiger partial charge in [0.05, 0.1) is 6.61 Å². The maximum atomic E-state index is 12.7. The number of alkyl halides is 3. The van der Waals surface area contributed by atoms with Gasteiger partial charge in [0.1, 0.15) is 0 Å². The van der Waals surface area contributed by atoms with Crippen molar-refractivity contribution in [2.45, 2.75) is 18.4 Å². The van der Waals surface area contributed by atoms with Gasteiger partial charge in [0.25, 0.3) is 5.79 Å². The van der Waals surface area contributed by atoms with Crippen LogP contribution in [0.1, 0.15) is 12.0 Å². The lowest BCUT2D eigenvalue weighted by Crippen LogP contribution is -2.45. The van der Waals surface area contributed by atoms with E-state index in [4.69, 9.17) is 0 Å². The van der Waals surface area contributed by atoms with Crippen LogP contribution in [0, 0.1) is 0 Å². The number of halogens is 3. The Balaban J connectivity index is 2.36. The first kappa shape index (κ1) is 12.1. The molecule has 0 amide bonds. The molecule has 1 aliphatic heterocycles. The lowest BCUT2D eigenvalue weighted by atomic mass is 10.0. The third kappa shape index (κ3) is 2.21. The molecule has 1 aromatic carbocycles. The van der Waals surface area contributed by atoms with Crippen molar-refractivity contribution in [2.24, 2.45) is 0 Å². The minimum absolute atomic E-state index is 0.0743. The molecule has 1 aliphatic rings. The number of hydrogen-bond acceptors (Lipinski definition) is 2. The molecule has 1 aromatic rings. The van der Waals surface area contributed by atoms with E-state index in [1.54, 1.807) is 30.3 Å². The van der Waals surface area contributed by atoms with E-state index in [-0.39, 0.29) is 18.6 Å². The Bertz CT molecular complexity index is 425. The third-order valence-electron chi connectivity index (χ3n) is 2.64. The fourth-order valence-corrected chi connectivity index (χ4v) is 1.76. The Morgan fingerprint density at radius 2 is 1.88 bits per heavy atom. The summed E-state index contributed by atoms with van der Waals surface area (Å²) in [5.41, 5.74) is 0.451. The molecule has 0 bridgehead atoms. The van der Waals surface area contributed by atoms with Gasteiger partial charge in [0.2, 0.25) is 0 Å². The van der Waals surface area contributed by atoms with Gasteiger partial charge in [-0.05, 0) is 18.1 Å². The van der Waals surface area contributed by atoms with Gasteiger partial charge in [-0.3, -0.25) is 0 Å². The molecule has 0 radical (unpaired) electrons. The first-order valence-electron chi connectivity index (χ1n) is 5.12. The second-order valence-corrected chi connectivity index (χ2v) is 3.82. The molecular weight excluding hydrogens is 233 g/mol. The van der Waals surface area contributed by atoms with E-state index >= 15 is 0 Å². The zero-order valence-corrected chi connectivity index (χ0v) is 8.87. The predicted octanol–water partition coefficient (Wildman–Crippen LogP) is 2.74. The van der Waals surface area contributed by atoms with Crippen molar-refractivity contribution < 1.29 is 23.0 Å². The normalized spacial score (nSPS) is 27.6. The highest BCUT2D eigenvalue weighted by Gasteiger charge is 2.60. The van der Waals surface area contributed by atoms with Crippen LogP contribution in [0.2, 0.25) is 0 Å². The van der Waals surface area contributed by atoms with Crippen LogP contribution < -0.4 is 0 Å². The number of hydrogen-bond donors (Lipinski definition) is 1. The van der Waals surface area contributed by atoms with Crippen molar-refractivity contribution in [3.8, 4) is 0 Å². The monoisotopic (exact) mass is 244 g/mol. The van der Waals surface area contributed by atoms with Gasteiger partial charge < -0.3 is 9.84 Å². The molecule has 1 saturated heterocycles. The molecule has 2 nitrogen and oxygen atoms in total. The number of aliphatic hydroxyl groups is 1. The van der Waals surface area contributed by atoms with Crippen molar-refractivity contribution in [1.82, 2.24) is 0 Å². The van der Waals surface area contributed by atoms with Gasteiger partial charge in [0.15, 0.2) is 0 Å².